The zero-order valence-corrected chi connectivity index (χ0v) is 16.6. The molecule has 1 fully saturated rings. The second-order valence-electron chi connectivity index (χ2n) is 7.48. The van der Waals surface area contributed by atoms with Crippen LogP contribution in [0.15, 0.2) is 39.5 Å². The highest BCUT2D eigenvalue weighted by Crippen LogP contribution is 2.32. The fraction of sp³-hybridized carbons (Fsp3) is 0.429. The van der Waals surface area contributed by atoms with Gasteiger partial charge in [0.1, 0.15) is 17.7 Å². The Bertz CT molecular complexity index is 996. The lowest BCUT2D eigenvalue weighted by atomic mass is 10.0. The number of carbonyl (C=O) groups is 3. The molecule has 8 heteroatoms. The molecule has 0 bridgehead atoms. The lowest BCUT2D eigenvalue weighted by molar-refractivity contribution is -0.145. The van der Waals surface area contributed by atoms with E-state index in [4.69, 9.17) is 9.15 Å². The number of amides is 2. The van der Waals surface area contributed by atoms with E-state index in [1.54, 1.807) is 24.3 Å². The zero-order valence-electron chi connectivity index (χ0n) is 16.6. The molecule has 8 nitrogen and oxygen atoms in total. The Balaban J connectivity index is 1.94. The van der Waals surface area contributed by atoms with Crippen LogP contribution in [-0.4, -0.2) is 37.0 Å². The maximum Gasteiger partial charge on any atom is 0.338 e. The van der Waals surface area contributed by atoms with Crippen LogP contribution >= 0.6 is 0 Å². The van der Waals surface area contributed by atoms with E-state index >= 15 is 0 Å². The highest BCUT2D eigenvalue weighted by molar-refractivity contribution is 6.09. The normalized spacial score (nSPS) is 17.6. The minimum Gasteiger partial charge on any atom is -0.467 e. The molecule has 0 radical (unpaired) electrons. The average molecular weight is 400 g/mol. The molecule has 2 atom stereocenters. The van der Waals surface area contributed by atoms with E-state index in [-0.39, 0.29) is 24.7 Å². The maximum absolute atomic E-state index is 13.0. The third-order valence-electron chi connectivity index (χ3n) is 4.91. The predicted octanol–water partition coefficient (Wildman–Crippen LogP) is 1.99. The van der Waals surface area contributed by atoms with Gasteiger partial charge in [-0.1, -0.05) is 26.0 Å². The van der Waals surface area contributed by atoms with Gasteiger partial charge < -0.3 is 14.5 Å². The second-order valence-corrected chi connectivity index (χ2v) is 7.48. The number of hydrogen-bond donors (Lipinski definition) is 1. The van der Waals surface area contributed by atoms with Gasteiger partial charge in [-0.25, -0.2) is 9.59 Å². The number of para-hydroxylation sites is 1. The highest BCUT2D eigenvalue weighted by atomic mass is 16.5. The molecule has 2 heterocycles. The largest absolute Gasteiger partial charge is 0.467 e. The number of fused-ring (bicyclic) bond motifs is 1. The van der Waals surface area contributed by atoms with Gasteiger partial charge >= 0.3 is 11.6 Å². The first-order chi connectivity index (χ1) is 13.8. The van der Waals surface area contributed by atoms with E-state index in [9.17, 15) is 19.2 Å². The average Bonchev–Trinajstić information content (AvgIpc) is 3.07. The summed E-state index contributed by atoms with van der Waals surface area (Å²) in [5.74, 6) is -1.10. The Morgan fingerprint density at radius 3 is 2.69 bits per heavy atom. The smallest absolute Gasteiger partial charge is 0.338 e. The number of anilines is 1. The minimum atomic E-state index is -0.827. The van der Waals surface area contributed by atoms with E-state index in [0.29, 0.717) is 23.1 Å². The summed E-state index contributed by atoms with van der Waals surface area (Å²) in [5, 5.41) is 3.28. The lowest BCUT2D eigenvalue weighted by Crippen LogP contribution is -2.51. The van der Waals surface area contributed by atoms with E-state index in [2.05, 4.69) is 5.32 Å². The van der Waals surface area contributed by atoms with Crippen molar-refractivity contribution in [2.45, 2.75) is 45.2 Å². The SMILES string of the molecule is COC(=O)[C@@H](CC(C)C)NC(=O)[C@@H]1CCC(=O)N1c1cc(=O)oc2ccccc12. The third-order valence-corrected chi connectivity index (χ3v) is 4.91. The molecular weight excluding hydrogens is 376 g/mol. The van der Waals surface area contributed by atoms with Crippen LogP contribution in [0.1, 0.15) is 33.1 Å². The van der Waals surface area contributed by atoms with Crippen LogP contribution in [0.3, 0.4) is 0 Å². The summed E-state index contributed by atoms with van der Waals surface area (Å²) in [4.78, 5) is 51.0. The molecule has 1 aromatic carbocycles. The summed E-state index contributed by atoms with van der Waals surface area (Å²) in [7, 11) is 1.27. The molecule has 1 aliphatic rings. The fourth-order valence-electron chi connectivity index (χ4n) is 3.62. The molecule has 0 aliphatic carbocycles. The first-order valence-corrected chi connectivity index (χ1v) is 9.55. The standard InChI is InChI=1S/C21H24N2O6/c1-12(2)10-14(21(27)28-3)22-20(26)15-8-9-18(24)23(15)16-11-19(25)29-17-7-5-4-6-13(16)17/h4-7,11-12,14-15H,8-10H2,1-3H3,(H,22,26)/t14-,15+/m1/s1. The molecule has 2 amide bonds. The first-order valence-electron chi connectivity index (χ1n) is 9.55. The molecular formula is C21H24N2O6. The number of esters is 1. The topological polar surface area (TPSA) is 106 Å². The molecule has 0 saturated carbocycles. The van der Waals surface area contributed by atoms with E-state index in [1.807, 2.05) is 13.8 Å². The Hall–Kier alpha value is -3.16. The van der Waals surface area contributed by atoms with Crippen LogP contribution < -0.4 is 15.8 Å². The van der Waals surface area contributed by atoms with Crippen LogP contribution in [0.2, 0.25) is 0 Å². The fourth-order valence-corrected chi connectivity index (χ4v) is 3.62. The van der Waals surface area contributed by atoms with Gasteiger partial charge in [-0.05, 0) is 30.9 Å². The van der Waals surface area contributed by atoms with Gasteiger partial charge in [0.2, 0.25) is 11.8 Å². The molecule has 0 unspecified atom stereocenters. The van der Waals surface area contributed by atoms with Crippen molar-refractivity contribution in [2.75, 3.05) is 12.0 Å². The molecule has 0 spiro atoms. The number of methoxy groups -OCH3 is 1. The number of hydrogen-bond acceptors (Lipinski definition) is 6. The first kappa shape index (κ1) is 20.6. The van der Waals surface area contributed by atoms with Crippen LogP contribution in [0, 0.1) is 5.92 Å². The van der Waals surface area contributed by atoms with E-state index in [1.165, 1.54) is 18.1 Å². The van der Waals surface area contributed by atoms with Crippen molar-refractivity contribution < 1.29 is 23.5 Å². The monoisotopic (exact) mass is 400 g/mol. The Labute approximate surface area is 167 Å². The number of rotatable bonds is 6. The van der Waals surface area contributed by atoms with Gasteiger partial charge in [0.15, 0.2) is 0 Å². The van der Waals surface area contributed by atoms with Gasteiger partial charge in [0.25, 0.3) is 0 Å². The predicted molar refractivity (Wildman–Crippen MR) is 106 cm³/mol. The molecule has 1 aliphatic heterocycles. The van der Waals surface area contributed by atoms with Gasteiger partial charge in [-0.3, -0.25) is 14.5 Å². The second kappa shape index (κ2) is 8.46. The van der Waals surface area contributed by atoms with Crippen molar-refractivity contribution in [2.24, 2.45) is 5.92 Å². The van der Waals surface area contributed by atoms with Crippen molar-refractivity contribution in [3.8, 4) is 0 Å². The quantitative estimate of drug-likeness (QED) is 0.587. The van der Waals surface area contributed by atoms with Gasteiger partial charge in [-0.15, -0.1) is 0 Å². The van der Waals surface area contributed by atoms with Gasteiger partial charge in [-0.2, -0.15) is 0 Å². The van der Waals surface area contributed by atoms with E-state index < -0.39 is 29.6 Å². The summed E-state index contributed by atoms with van der Waals surface area (Å²) in [6.45, 7) is 3.87. The summed E-state index contributed by atoms with van der Waals surface area (Å²) < 4.78 is 9.99. The van der Waals surface area contributed by atoms with E-state index in [0.717, 1.165) is 0 Å². The summed E-state index contributed by atoms with van der Waals surface area (Å²) in [6, 6.07) is 6.43. The molecule has 29 heavy (non-hydrogen) atoms. The van der Waals surface area contributed by atoms with Crippen molar-refractivity contribution in [3.05, 3.63) is 40.8 Å². The molecule has 1 aromatic heterocycles. The number of nitrogens with one attached hydrogen (secondary N) is 1. The molecule has 2 aromatic rings. The number of carbonyl (C=O) groups excluding carboxylic acids is 3. The van der Waals surface area contributed by atoms with Gasteiger partial charge in [0, 0.05) is 17.9 Å². The summed E-state index contributed by atoms with van der Waals surface area (Å²) in [5.41, 5.74) is 0.0592. The minimum absolute atomic E-state index is 0.156. The maximum atomic E-state index is 13.0. The van der Waals surface area contributed by atoms with Crippen LogP contribution in [-0.2, 0) is 19.1 Å². The molecule has 3 rings (SSSR count). The summed E-state index contributed by atoms with van der Waals surface area (Å²) >= 11 is 0. The highest BCUT2D eigenvalue weighted by Gasteiger charge is 2.39. The van der Waals surface area contributed by atoms with Gasteiger partial charge in [0.05, 0.1) is 12.8 Å². The summed E-state index contributed by atoms with van der Waals surface area (Å²) in [6.07, 6.45) is 0.867. The lowest BCUT2D eigenvalue weighted by Gasteiger charge is -2.27. The van der Waals surface area contributed by atoms with Crippen LogP contribution in [0.5, 0.6) is 0 Å². The zero-order chi connectivity index (χ0) is 21.1. The molecule has 1 N–H and O–H groups in total. The Morgan fingerprint density at radius 1 is 1.28 bits per heavy atom. The van der Waals surface area contributed by atoms with Crippen molar-refractivity contribution in [1.82, 2.24) is 5.32 Å². The van der Waals surface area contributed by atoms with Crippen molar-refractivity contribution in [1.29, 1.82) is 0 Å². The number of ether oxygens (including phenoxy) is 1. The third kappa shape index (κ3) is 4.31. The number of benzene rings is 1. The van der Waals surface area contributed by atoms with Crippen LogP contribution in [0.4, 0.5) is 5.69 Å². The molecule has 1 saturated heterocycles. The van der Waals surface area contributed by atoms with Crippen molar-refractivity contribution in [3.63, 3.8) is 0 Å². The number of nitrogens with zero attached hydrogens (tertiary/aromatic N) is 1. The van der Waals surface area contributed by atoms with Crippen molar-refractivity contribution >= 4 is 34.4 Å². The Morgan fingerprint density at radius 2 is 2.00 bits per heavy atom. The molecule has 154 valence electrons. The van der Waals surface area contributed by atoms with Crippen LogP contribution in [0.25, 0.3) is 11.0 Å². The Kier molecular flexibility index (Phi) is 6.00.